The lowest BCUT2D eigenvalue weighted by molar-refractivity contribution is -0.0978. The molecule has 1 aliphatic carbocycles. The molecular formula is C41H60ClN5O7S. The highest BCUT2D eigenvalue weighted by Gasteiger charge is 2.48. The summed E-state index contributed by atoms with van der Waals surface area (Å²) in [6.07, 6.45) is 9.60. The van der Waals surface area contributed by atoms with Crippen LogP contribution >= 0.6 is 11.6 Å². The lowest BCUT2D eigenvalue weighted by Crippen LogP contribution is -2.60. The third-order valence-corrected chi connectivity index (χ3v) is 14.6. The van der Waals surface area contributed by atoms with Gasteiger partial charge in [-0.3, -0.25) is 14.6 Å². The minimum Gasteiger partial charge on any atom is -0.485 e. The lowest BCUT2D eigenvalue weighted by Gasteiger charge is -2.52. The molecule has 3 aliphatic heterocycles. The highest BCUT2D eigenvalue weighted by atomic mass is 35.5. The fraction of sp³-hybridized carbons (Fsp3) is 0.659. The average molecular weight is 802 g/mol. The Kier molecular flexibility index (Phi) is 14.2. The SMILES string of the molecule is COCC(COC)N1CCN(C[C@]2(OC)/C=C/C[C@H](C)[C@@H](C)S(=O)(=O)NC(=O)c3ccc4c(n3)N(CCCCc3cc(Cl)ccc3CO4)C[C@@H]3CC[C@H]32)CC1. The second-order valence-corrected chi connectivity index (χ2v) is 18.4. The van der Waals surface area contributed by atoms with Crippen LogP contribution in [0, 0.1) is 17.8 Å². The third kappa shape index (κ3) is 9.85. The van der Waals surface area contributed by atoms with Crippen LogP contribution in [0.1, 0.15) is 67.6 Å². The Balaban J connectivity index is 1.34. The van der Waals surface area contributed by atoms with Crippen molar-refractivity contribution in [3.8, 4) is 5.75 Å². The van der Waals surface area contributed by atoms with Crippen LogP contribution in [0.3, 0.4) is 0 Å². The number of halogens is 1. The van der Waals surface area contributed by atoms with Crippen LogP contribution in [-0.4, -0.2) is 126 Å². The highest BCUT2D eigenvalue weighted by molar-refractivity contribution is 7.90. The topological polar surface area (TPSA) is 123 Å². The molecule has 14 heteroatoms. The fourth-order valence-corrected chi connectivity index (χ4v) is 10.2. The molecule has 4 heterocycles. The number of carbonyl (C=O) groups excluding carboxylic acids is 1. The van der Waals surface area contributed by atoms with Gasteiger partial charge in [0.15, 0.2) is 11.6 Å². The van der Waals surface area contributed by atoms with Crippen molar-refractivity contribution in [1.29, 1.82) is 0 Å². The highest BCUT2D eigenvalue weighted by Crippen LogP contribution is 2.46. The molecule has 5 atom stereocenters. The van der Waals surface area contributed by atoms with E-state index in [1.165, 1.54) is 0 Å². The first-order valence-electron chi connectivity index (χ1n) is 19.9. The molecule has 6 rings (SSSR count). The number of amides is 1. The summed E-state index contributed by atoms with van der Waals surface area (Å²) in [5.74, 6) is 0.609. The van der Waals surface area contributed by atoms with Crippen molar-refractivity contribution in [2.24, 2.45) is 17.8 Å². The summed E-state index contributed by atoms with van der Waals surface area (Å²) < 4.78 is 53.7. The fourth-order valence-electron chi connectivity index (χ4n) is 8.75. The van der Waals surface area contributed by atoms with Crippen molar-refractivity contribution in [3.63, 3.8) is 0 Å². The van der Waals surface area contributed by atoms with Gasteiger partial charge in [0.1, 0.15) is 17.9 Å². The largest absolute Gasteiger partial charge is 0.485 e. The van der Waals surface area contributed by atoms with Gasteiger partial charge in [-0.05, 0) is 98.6 Å². The molecule has 12 nitrogen and oxygen atoms in total. The number of rotatable bonds is 8. The zero-order valence-electron chi connectivity index (χ0n) is 33.2. The smallest absolute Gasteiger partial charge is 0.283 e. The van der Waals surface area contributed by atoms with E-state index in [1.807, 2.05) is 32.2 Å². The molecule has 1 saturated heterocycles. The number of sulfonamides is 1. The summed E-state index contributed by atoms with van der Waals surface area (Å²) >= 11 is 6.40. The number of allylic oxidation sites excluding steroid dienone is 1. The number of piperazine rings is 1. The minimum atomic E-state index is -4.01. The Morgan fingerprint density at radius 2 is 1.76 bits per heavy atom. The van der Waals surface area contributed by atoms with Crippen molar-refractivity contribution in [2.45, 2.75) is 75.9 Å². The molecule has 1 amide bonds. The number of nitrogens with zero attached hydrogens (tertiary/aromatic N) is 4. The Morgan fingerprint density at radius 1 is 1.00 bits per heavy atom. The number of aryl methyl sites for hydroxylation is 1. The van der Waals surface area contributed by atoms with Crippen LogP contribution in [0.25, 0.3) is 0 Å². The van der Waals surface area contributed by atoms with Crippen molar-refractivity contribution < 1.29 is 32.2 Å². The number of methoxy groups -OCH3 is 3. The van der Waals surface area contributed by atoms with E-state index in [2.05, 4.69) is 31.6 Å². The van der Waals surface area contributed by atoms with Gasteiger partial charge in [0, 0.05) is 72.2 Å². The van der Waals surface area contributed by atoms with Gasteiger partial charge in [-0.15, -0.1) is 0 Å². The number of benzene rings is 1. The van der Waals surface area contributed by atoms with E-state index in [-0.39, 0.29) is 29.5 Å². The maximum Gasteiger partial charge on any atom is 0.283 e. The maximum atomic E-state index is 13.6. The van der Waals surface area contributed by atoms with Gasteiger partial charge >= 0.3 is 0 Å². The number of pyridine rings is 1. The maximum absolute atomic E-state index is 13.6. The first kappa shape index (κ1) is 41.8. The van der Waals surface area contributed by atoms with Gasteiger partial charge < -0.3 is 23.8 Å². The number of anilines is 1. The quantitative estimate of drug-likeness (QED) is 0.355. The van der Waals surface area contributed by atoms with Gasteiger partial charge in [-0.2, -0.15) is 0 Å². The van der Waals surface area contributed by atoms with Crippen LogP contribution < -0.4 is 14.4 Å². The predicted octanol–water partition coefficient (Wildman–Crippen LogP) is 5.19. The van der Waals surface area contributed by atoms with Gasteiger partial charge in [-0.1, -0.05) is 36.7 Å². The molecule has 55 heavy (non-hydrogen) atoms. The lowest BCUT2D eigenvalue weighted by atomic mass is 9.63. The van der Waals surface area contributed by atoms with Crippen LogP contribution in [0.4, 0.5) is 5.82 Å². The number of ether oxygens (including phenoxy) is 4. The van der Waals surface area contributed by atoms with Gasteiger partial charge in [0.25, 0.3) is 5.91 Å². The molecule has 1 N–H and O–H groups in total. The number of hydrogen-bond donors (Lipinski definition) is 1. The zero-order valence-corrected chi connectivity index (χ0v) is 34.7. The average Bonchev–Trinajstić information content (AvgIpc) is 3.18. The van der Waals surface area contributed by atoms with Crippen LogP contribution in [0.2, 0.25) is 5.02 Å². The molecule has 304 valence electrons. The normalized spacial score (nSPS) is 28.9. The van der Waals surface area contributed by atoms with Gasteiger partial charge in [0.05, 0.1) is 24.5 Å². The third-order valence-electron chi connectivity index (χ3n) is 12.5. The molecule has 2 fully saturated rings. The molecule has 0 spiro atoms. The summed E-state index contributed by atoms with van der Waals surface area (Å²) in [5, 5.41) is -0.123. The van der Waals surface area contributed by atoms with Crippen LogP contribution in [-0.2, 0) is 37.3 Å². The standard InChI is InChI=1S/C41H60ClN5O7S/c1-29-9-8-17-41(53-5,28-45-19-21-46(22-20-45)35(26-51-3)27-52-4)36-14-12-32(36)24-47-18-7-6-10-31-23-34(42)13-11-33(31)25-54-38-16-15-37(43-39(38)47)40(48)44-55(49,50)30(29)2/h8,11,13,15-17,23,29-30,32,35-36H,6-7,9-10,12,14,18-22,24-28H2,1-5H3,(H,44,48)/b17-8+/t29-,30+,32-,36+,41+/m0/s1. The molecule has 1 aromatic heterocycles. The number of nitrogens with one attached hydrogen (secondary N) is 1. The molecule has 4 aliphatic rings. The van der Waals surface area contributed by atoms with Crippen molar-refractivity contribution >= 4 is 33.3 Å². The zero-order chi connectivity index (χ0) is 39.2. The number of carbonyl (C=O) groups is 1. The summed E-state index contributed by atoms with van der Waals surface area (Å²) in [7, 11) is 1.28. The summed E-state index contributed by atoms with van der Waals surface area (Å²) in [5.41, 5.74) is 1.67. The Morgan fingerprint density at radius 3 is 2.45 bits per heavy atom. The molecule has 2 bridgehead atoms. The van der Waals surface area contributed by atoms with Gasteiger partial charge in [0.2, 0.25) is 10.0 Å². The Hall–Kier alpha value is -2.78. The van der Waals surface area contributed by atoms with E-state index in [9.17, 15) is 13.2 Å². The molecule has 1 saturated carbocycles. The molecule has 0 unspecified atom stereocenters. The van der Waals surface area contributed by atoms with Crippen LogP contribution in [0.15, 0.2) is 42.5 Å². The summed E-state index contributed by atoms with van der Waals surface area (Å²) in [6.45, 7) is 10.9. The van der Waals surface area contributed by atoms with Gasteiger partial charge in [-0.25, -0.2) is 18.1 Å². The number of hydrogen-bond acceptors (Lipinski definition) is 11. The van der Waals surface area contributed by atoms with Crippen molar-refractivity contribution in [2.75, 3.05) is 85.3 Å². The van der Waals surface area contributed by atoms with E-state index in [0.29, 0.717) is 55.9 Å². The van der Waals surface area contributed by atoms with E-state index in [0.717, 1.165) is 76.0 Å². The van der Waals surface area contributed by atoms with Crippen molar-refractivity contribution in [3.05, 3.63) is 64.3 Å². The minimum absolute atomic E-state index is 0.0404. The monoisotopic (exact) mass is 801 g/mol. The molecule has 2 aromatic rings. The Bertz CT molecular complexity index is 1750. The number of fused-ring (bicyclic) bond motifs is 3. The van der Waals surface area contributed by atoms with Crippen LogP contribution in [0.5, 0.6) is 5.75 Å². The Labute approximate surface area is 332 Å². The van der Waals surface area contributed by atoms with E-state index in [4.69, 9.17) is 35.5 Å². The summed E-state index contributed by atoms with van der Waals surface area (Å²) in [6, 6.07) is 9.42. The van der Waals surface area contributed by atoms with E-state index >= 15 is 0 Å². The van der Waals surface area contributed by atoms with E-state index in [1.54, 1.807) is 33.3 Å². The van der Waals surface area contributed by atoms with E-state index < -0.39 is 26.8 Å². The molecule has 0 radical (unpaired) electrons. The number of aromatic nitrogens is 1. The first-order chi connectivity index (χ1) is 26.5. The predicted molar refractivity (Wildman–Crippen MR) is 215 cm³/mol. The molecular weight excluding hydrogens is 742 g/mol. The second-order valence-electron chi connectivity index (χ2n) is 15.9. The first-order valence-corrected chi connectivity index (χ1v) is 21.8. The van der Waals surface area contributed by atoms with Crippen molar-refractivity contribution in [1.82, 2.24) is 19.5 Å². The molecule has 1 aromatic carbocycles. The summed E-state index contributed by atoms with van der Waals surface area (Å²) in [4.78, 5) is 25.7. The second kappa shape index (κ2) is 18.7.